The van der Waals surface area contributed by atoms with Gasteiger partial charge in [-0.25, -0.2) is 0 Å². The number of aliphatic hydroxyl groups is 1. The maximum atomic E-state index is 10.2. The van der Waals surface area contributed by atoms with E-state index in [0.29, 0.717) is 0 Å². The summed E-state index contributed by atoms with van der Waals surface area (Å²) in [5, 5.41) is 12.1. The van der Waals surface area contributed by atoms with E-state index in [9.17, 15) is 5.11 Å². The molecule has 78 valence electrons. The molecule has 0 amide bonds. The molecule has 1 N–H and O–H groups in total. The molecule has 0 aliphatic carbocycles. The van der Waals surface area contributed by atoms with Crippen LogP contribution in [0.5, 0.6) is 0 Å². The van der Waals surface area contributed by atoms with Gasteiger partial charge < -0.3 is 5.11 Å². The molecule has 2 aromatic rings. The van der Waals surface area contributed by atoms with Gasteiger partial charge in [-0.3, -0.25) is 0 Å². The summed E-state index contributed by atoms with van der Waals surface area (Å²) in [6.45, 7) is 2.01. The smallest absolute Gasteiger partial charge is 0.105 e. The SMILES string of the molecule is Cc1ccccc1C(O)c1csc(Br)c1. The van der Waals surface area contributed by atoms with Gasteiger partial charge in [-0.05, 0) is 51.0 Å². The second-order valence-electron chi connectivity index (χ2n) is 3.44. The zero-order chi connectivity index (χ0) is 10.8. The molecular formula is C12H11BrOS. The normalized spacial score (nSPS) is 12.7. The van der Waals surface area contributed by atoms with E-state index >= 15 is 0 Å². The largest absolute Gasteiger partial charge is 0.384 e. The van der Waals surface area contributed by atoms with Crippen LogP contribution in [0.25, 0.3) is 0 Å². The van der Waals surface area contributed by atoms with E-state index in [1.807, 2.05) is 42.6 Å². The fourth-order valence-corrected chi connectivity index (χ4v) is 2.73. The summed E-state index contributed by atoms with van der Waals surface area (Å²) in [5.74, 6) is 0. The summed E-state index contributed by atoms with van der Waals surface area (Å²) in [4.78, 5) is 0. The molecule has 0 saturated heterocycles. The van der Waals surface area contributed by atoms with Gasteiger partial charge in [0.15, 0.2) is 0 Å². The summed E-state index contributed by atoms with van der Waals surface area (Å²) in [6.07, 6.45) is -0.520. The molecule has 0 bridgehead atoms. The lowest BCUT2D eigenvalue weighted by atomic mass is 10.00. The van der Waals surface area contributed by atoms with Gasteiger partial charge in [0.05, 0.1) is 3.79 Å². The number of hydrogen-bond acceptors (Lipinski definition) is 2. The van der Waals surface area contributed by atoms with E-state index in [1.54, 1.807) is 11.3 Å². The van der Waals surface area contributed by atoms with Gasteiger partial charge in [-0.1, -0.05) is 24.3 Å². The lowest BCUT2D eigenvalue weighted by Crippen LogP contribution is -1.99. The van der Waals surface area contributed by atoms with Crippen LogP contribution in [0.2, 0.25) is 0 Å². The molecule has 0 spiro atoms. The van der Waals surface area contributed by atoms with E-state index < -0.39 is 6.10 Å². The van der Waals surface area contributed by atoms with Crippen molar-refractivity contribution in [2.24, 2.45) is 0 Å². The van der Waals surface area contributed by atoms with Gasteiger partial charge in [-0.2, -0.15) is 0 Å². The molecule has 1 aromatic carbocycles. The van der Waals surface area contributed by atoms with E-state index in [-0.39, 0.29) is 0 Å². The maximum absolute atomic E-state index is 10.2. The van der Waals surface area contributed by atoms with Crippen LogP contribution in [-0.4, -0.2) is 5.11 Å². The molecule has 1 aromatic heterocycles. The van der Waals surface area contributed by atoms with Gasteiger partial charge in [0.2, 0.25) is 0 Å². The maximum Gasteiger partial charge on any atom is 0.105 e. The summed E-state index contributed by atoms with van der Waals surface area (Å²) < 4.78 is 1.05. The van der Waals surface area contributed by atoms with Crippen molar-refractivity contribution in [3.8, 4) is 0 Å². The first-order chi connectivity index (χ1) is 7.18. The van der Waals surface area contributed by atoms with Crippen molar-refractivity contribution in [3.05, 3.63) is 56.2 Å². The van der Waals surface area contributed by atoms with Crippen LogP contribution in [0.15, 0.2) is 39.5 Å². The van der Waals surface area contributed by atoms with Crippen molar-refractivity contribution in [2.75, 3.05) is 0 Å². The second kappa shape index (κ2) is 4.47. The Labute approximate surface area is 102 Å². The Kier molecular flexibility index (Phi) is 3.24. The number of thiophene rings is 1. The van der Waals surface area contributed by atoms with Crippen LogP contribution in [0, 0.1) is 6.92 Å². The topological polar surface area (TPSA) is 20.2 Å². The third-order valence-corrected chi connectivity index (χ3v) is 3.91. The highest BCUT2D eigenvalue weighted by molar-refractivity contribution is 9.11. The standard InChI is InChI=1S/C12H11BrOS/c1-8-4-2-3-5-10(8)12(14)9-6-11(13)15-7-9/h2-7,12,14H,1H3. The van der Waals surface area contributed by atoms with Crippen LogP contribution in [0.3, 0.4) is 0 Å². The first-order valence-corrected chi connectivity index (χ1v) is 6.33. The van der Waals surface area contributed by atoms with Crippen molar-refractivity contribution < 1.29 is 5.11 Å². The predicted octanol–water partition coefficient (Wildman–Crippen LogP) is 3.90. The molecule has 1 nitrogen and oxygen atoms in total. The highest BCUT2D eigenvalue weighted by Gasteiger charge is 2.13. The van der Waals surface area contributed by atoms with Crippen molar-refractivity contribution in [1.29, 1.82) is 0 Å². The highest BCUT2D eigenvalue weighted by atomic mass is 79.9. The second-order valence-corrected chi connectivity index (χ2v) is 5.73. The average Bonchev–Trinajstić information content (AvgIpc) is 2.65. The molecule has 3 heteroatoms. The van der Waals surface area contributed by atoms with Crippen molar-refractivity contribution >= 4 is 27.3 Å². The van der Waals surface area contributed by atoms with Gasteiger partial charge in [0, 0.05) is 0 Å². The Balaban J connectivity index is 2.36. The van der Waals surface area contributed by atoms with Crippen molar-refractivity contribution in [1.82, 2.24) is 0 Å². The minimum atomic E-state index is -0.520. The van der Waals surface area contributed by atoms with E-state index in [4.69, 9.17) is 0 Å². The highest BCUT2D eigenvalue weighted by Crippen LogP contribution is 2.30. The fraction of sp³-hybridized carbons (Fsp3) is 0.167. The number of aliphatic hydroxyl groups excluding tert-OH is 1. The quantitative estimate of drug-likeness (QED) is 0.886. The van der Waals surface area contributed by atoms with E-state index in [0.717, 1.165) is 20.5 Å². The molecule has 1 heterocycles. The molecule has 1 unspecified atom stereocenters. The lowest BCUT2D eigenvalue weighted by molar-refractivity contribution is 0.220. The minimum Gasteiger partial charge on any atom is -0.384 e. The number of halogens is 1. The summed E-state index contributed by atoms with van der Waals surface area (Å²) >= 11 is 4.99. The van der Waals surface area contributed by atoms with Gasteiger partial charge in [0.1, 0.15) is 6.10 Å². The summed E-state index contributed by atoms with van der Waals surface area (Å²) in [5.41, 5.74) is 3.04. The molecule has 2 rings (SSSR count). The van der Waals surface area contributed by atoms with Gasteiger partial charge in [-0.15, -0.1) is 11.3 Å². The lowest BCUT2D eigenvalue weighted by Gasteiger charge is -2.11. The monoisotopic (exact) mass is 282 g/mol. The predicted molar refractivity (Wildman–Crippen MR) is 67.3 cm³/mol. The molecule has 0 aliphatic rings. The third-order valence-electron chi connectivity index (χ3n) is 2.39. The summed E-state index contributed by atoms with van der Waals surface area (Å²) in [7, 11) is 0. The van der Waals surface area contributed by atoms with E-state index in [2.05, 4.69) is 15.9 Å². The first-order valence-electron chi connectivity index (χ1n) is 4.66. The molecule has 0 aliphatic heterocycles. The van der Waals surface area contributed by atoms with Gasteiger partial charge >= 0.3 is 0 Å². The Morgan fingerprint density at radius 3 is 2.67 bits per heavy atom. The molecule has 1 atom stereocenters. The Hall–Kier alpha value is -0.640. The molecule has 0 radical (unpaired) electrons. The Morgan fingerprint density at radius 2 is 2.07 bits per heavy atom. The average molecular weight is 283 g/mol. The molecule has 0 fully saturated rings. The molecule has 15 heavy (non-hydrogen) atoms. The fourth-order valence-electron chi connectivity index (χ4n) is 1.54. The van der Waals surface area contributed by atoms with E-state index in [1.165, 1.54) is 0 Å². The van der Waals surface area contributed by atoms with Crippen LogP contribution in [0.1, 0.15) is 22.8 Å². The first kappa shape index (κ1) is 10.9. The number of rotatable bonds is 2. The van der Waals surface area contributed by atoms with Crippen molar-refractivity contribution in [2.45, 2.75) is 13.0 Å². The van der Waals surface area contributed by atoms with Crippen LogP contribution in [-0.2, 0) is 0 Å². The third kappa shape index (κ3) is 2.30. The minimum absolute atomic E-state index is 0.520. The number of benzene rings is 1. The number of aryl methyl sites for hydroxylation is 1. The molecular weight excluding hydrogens is 272 g/mol. The zero-order valence-electron chi connectivity index (χ0n) is 8.27. The Bertz CT molecular complexity index is 464. The Morgan fingerprint density at radius 1 is 1.33 bits per heavy atom. The van der Waals surface area contributed by atoms with Crippen molar-refractivity contribution in [3.63, 3.8) is 0 Å². The van der Waals surface area contributed by atoms with Crippen LogP contribution in [0.4, 0.5) is 0 Å². The zero-order valence-corrected chi connectivity index (χ0v) is 10.7. The molecule has 0 saturated carbocycles. The van der Waals surface area contributed by atoms with Crippen LogP contribution >= 0.6 is 27.3 Å². The van der Waals surface area contributed by atoms with Crippen LogP contribution < -0.4 is 0 Å². The number of hydrogen-bond donors (Lipinski definition) is 1. The van der Waals surface area contributed by atoms with Gasteiger partial charge in [0.25, 0.3) is 0 Å². The summed E-state index contributed by atoms with van der Waals surface area (Å²) in [6, 6.07) is 9.87.